The molecule has 0 unspecified atom stereocenters. The highest BCUT2D eigenvalue weighted by atomic mass is 32.2. The van der Waals surface area contributed by atoms with Gasteiger partial charge in [-0.25, -0.2) is 8.42 Å². The SMILES string of the molecule is O=C(CN1CCc2ccccc21)N(C1CCCC1)[C@H]1CCS(=O)(=O)C1. The number of amides is 1. The largest absolute Gasteiger partial charge is 0.362 e. The lowest BCUT2D eigenvalue weighted by Crippen LogP contribution is -2.50. The second-order valence-corrected chi connectivity index (χ2v) is 9.83. The zero-order valence-electron chi connectivity index (χ0n) is 14.6. The van der Waals surface area contributed by atoms with E-state index in [4.69, 9.17) is 0 Å². The molecule has 136 valence electrons. The van der Waals surface area contributed by atoms with Crippen LogP contribution in [0.25, 0.3) is 0 Å². The first-order valence-corrected chi connectivity index (χ1v) is 11.2. The minimum absolute atomic E-state index is 0.103. The van der Waals surface area contributed by atoms with Crippen LogP contribution < -0.4 is 4.90 Å². The first kappa shape index (κ1) is 16.9. The number of fused-ring (bicyclic) bond motifs is 1. The molecule has 1 atom stereocenters. The van der Waals surface area contributed by atoms with Crippen molar-refractivity contribution in [1.82, 2.24) is 4.90 Å². The van der Waals surface area contributed by atoms with Crippen LogP contribution in [0.1, 0.15) is 37.7 Å². The predicted molar refractivity (Wildman–Crippen MR) is 98.5 cm³/mol. The van der Waals surface area contributed by atoms with Crippen molar-refractivity contribution in [1.29, 1.82) is 0 Å². The number of rotatable bonds is 4. The van der Waals surface area contributed by atoms with Crippen molar-refractivity contribution < 1.29 is 13.2 Å². The van der Waals surface area contributed by atoms with E-state index in [1.165, 1.54) is 5.56 Å². The van der Waals surface area contributed by atoms with E-state index in [0.29, 0.717) is 13.0 Å². The van der Waals surface area contributed by atoms with Gasteiger partial charge in [-0.15, -0.1) is 0 Å². The summed E-state index contributed by atoms with van der Waals surface area (Å²) >= 11 is 0. The average Bonchev–Trinajstić information content (AvgIpc) is 3.30. The molecule has 1 amide bonds. The highest BCUT2D eigenvalue weighted by Crippen LogP contribution is 2.31. The summed E-state index contributed by atoms with van der Waals surface area (Å²) in [6.45, 7) is 1.23. The van der Waals surface area contributed by atoms with Gasteiger partial charge in [0.15, 0.2) is 9.84 Å². The van der Waals surface area contributed by atoms with Crippen molar-refractivity contribution in [2.75, 3.05) is 29.5 Å². The molecule has 0 N–H and O–H groups in total. The summed E-state index contributed by atoms with van der Waals surface area (Å²) in [5.41, 5.74) is 2.45. The monoisotopic (exact) mass is 362 g/mol. The van der Waals surface area contributed by atoms with Crippen molar-refractivity contribution in [3.05, 3.63) is 29.8 Å². The van der Waals surface area contributed by atoms with Gasteiger partial charge in [0.1, 0.15) is 0 Å². The van der Waals surface area contributed by atoms with Gasteiger partial charge in [0, 0.05) is 24.3 Å². The summed E-state index contributed by atoms with van der Waals surface area (Å²) in [4.78, 5) is 17.3. The molecular formula is C19H26N2O3S. The maximum absolute atomic E-state index is 13.2. The van der Waals surface area contributed by atoms with Crippen LogP contribution in [0, 0.1) is 0 Å². The third kappa shape index (κ3) is 3.41. The van der Waals surface area contributed by atoms with Crippen molar-refractivity contribution in [2.24, 2.45) is 0 Å². The Hall–Kier alpha value is -1.56. The molecule has 0 radical (unpaired) electrons. The second-order valence-electron chi connectivity index (χ2n) is 7.60. The van der Waals surface area contributed by atoms with Gasteiger partial charge >= 0.3 is 0 Å². The van der Waals surface area contributed by atoms with Crippen molar-refractivity contribution in [3.63, 3.8) is 0 Å². The molecule has 3 aliphatic rings. The first-order chi connectivity index (χ1) is 12.0. The van der Waals surface area contributed by atoms with Crippen LogP contribution in [-0.4, -0.2) is 55.9 Å². The van der Waals surface area contributed by atoms with Crippen LogP contribution in [0.15, 0.2) is 24.3 Å². The number of nitrogens with zero attached hydrogens (tertiary/aromatic N) is 2. The molecule has 6 heteroatoms. The molecule has 1 saturated carbocycles. The minimum atomic E-state index is -2.99. The van der Waals surface area contributed by atoms with E-state index in [2.05, 4.69) is 17.0 Å². The van der Waals surface area contributed by atoms with Crippen LogP contribution >= 0.6 is 0 Å². The molecule has 4 rings (SSSR count). The Morgan fingerprint density at radius 2 is 1.88 bits per heavy atom. The van der Waals surface area contributed by atoms with Crippen molar-refractivity contribution in [2.45, 2.75) is 50.6 Å². The van der Waals surface area contributed by atoms with Gasteiger partial charge < -0.3 is 9.80 Å². The number of benzene rings is 1. The van der Waals surface area contributed by atoms with Crippen LogP contribution in [0.2, 0.25) is 0 Å². The van der Waals surface area contributed by atoms with Crippen molar-refractivity contribution in [3.8, 4) is 0 Å². The molecule has 5 nitrogen and oxygen atoms in total. The van der Waals surface area contributed by atoms with Gasteiger partial charge in [-0.3, -0.25) is 4.79 Å². The Morgan fingerprint density at radius 3 is 2.60 bits per heavy atom. The van der Waals surface area contributed by atoms with E-state index < -0.39 is 9.84 Å². The Bertz CT molecular complexity index is 756. The summed E-state index contributed by atoms with van der Waals surface area (Å²) in [6, 6.07) is 8.36. The summed E-state index contributed by atoms with van der Waals surface area (Å²) in [6.07, 6.45) is 5.88. The van der Waals surface area contributed by atoms with Gasteiger partial charge in [0.2, 0.25) is 5.91 Å². The molecule has 25 heavy (non-hydrogen) atoms. The molecule has 1 aromatic carbocycles. The molecule has 0 bridgehead atoms. The highest BCUT2D eigenvalue weighted by Gasteiger charge is 2.39. The summed E-state index contributed by atoms with van der Waals surface area (Å²) in [7, 11) is -2.99. The van der Waals surface area contributed by atoms with Crippen LogP contribution in [0.5, 0.6) is 0 Å². The van der Waals surface area contributed by atoms with E-state index in [0.717, 1.165) is 44.3 Å². The number of para-hydroxylation sites is 1. The van der Waals surface area contributed by atoms with Gasteiger partial charge in [-0.2, -0.15) is 0 Å². The fourth-order valence-corrected chi connectivity index (χ4v) is 6.41. The lowest BCUT2D eigenvalue weighted by molar-refractivity contribution is -0.134. The van der Waals surface area contributed by atoms with Gasteiger partial charge in [0.25, 0.3) is 0 Å². The number of carbonyl (C=O) groups is 1. The lowest BCUT2D eigenvalue weighted by atomic mass is 10.1. The number of hydrogen-bond donors (Lipinski definition) is 0. The molecular weight excluding hydrogens is 336 g/mol. The summed E-state index contributed by atoms with van der Waals surface area (Å²) in [5, 5.41) is 0. The van der Waals surface area contributed by atoms with Crippen molar-refractivity contribution >= 4 is 21.4 Å². The molecule has 1 aromatic rings. The van der Waals surface area contributed by atoms with Gasteiger partial charge in [0.05, 0.1) is 18.1 Å². The standard InChI is InChI=1S/C19H26N2O3S/c22-19(13-20-11-9-15-5-1-4-8-18(15)20)21(16-6-2-3-7-16)17-10-12-25(23,24)14-17/h1,4-5,8,16-17H,2-3,6-7,9-14H2/t17-/m0/s1. The normalized spacial score (nSPS) is 25.3. The molecule has 2 heterocycles. The maximum atomic E-state index is 13.2. The topological polar surface area (TPSA) is 57.7 Å². The van der Waals surface area contributed by atoms with E-state index >= 15 is 0 Å². The fourth-order valence-electron chi connectivity index (χ4n) is 4.70. The third-order valence-electron chi connectivity index (χ3n) is 5.92. The Morgan fingerprint density at radius 1 is 1.12 bits per heavy atom. The van der Waals surface area contributed by atoms with E-state index in [-0.39, 0.29) is 29.5 Å². The molecule has 2 aliphatic heterocycles. The lowest BCUT2D eigenvalue weighted by Gasteiger charge is -2.35. The molecule has 1 saturated heterocycles. The van der Waals surface area contributed by atoms with Crippen LogP contribution in [0.3, 0.4) is 0 Å². The smallest absolute Gasteiger partial charge is 0.242 e. The zero-order chi connectivity index (χ0) is 17.4. The molecule has 2 fully saturated rings. The summed E-state index contributed by atoms with van der Waals surface area (Å²) in [5.74, 6) is 0.470. The minimum Gasteiger partial charge on any atom is -0.362 e. The highest BCUT2D eigenvalue weighted by molar-refractivity contribution is 7.91. The third-order valence-corrected chi connectivity index (χ3v) is 7.67. The Balaban J connectivity index is 1.52. The fraction of sp³-hybridized carbons (Fsp3) is 0.632. The summed E-state index contributed by atoms with van der Waals surface area (Å²) < 4.78 is 23.9. The molecule has 0 aromatic heterocycles. The van der Waals surface area contributed by atoms with E-state index in [1.807, 2.05) is 17.0 Å². The maximum Gasteiger partial charge on any atom is 0.242 e. The Labute approximate surface area is 149 Å². The number of anilines is 1. The number of carbonyl (C=O) groups excluding carboxylic acids is 1. The second kappa shape index (κ2) is 6.63. The molecule has 0 spiro atoms. The van der Waals surface area contributed by atoms with Crippen LogP contribution in [-0.2, 0) is 21.1 Å². The zero-order valence-corrected chi connectivity index (χ0v) is 15.4. The quantitative estimate of drug-likeness (QED) is 0.822. The van der Waals surface area contributed by atoms with E-state index in [1.54, 1.807) is 0 Å². The van der Waals surface area contributed by atoms with Gasteiger partial charge in [-0.1, -0.05) is 31.0 Å². The average molecular weight is 362 g/mol. The van der Waals surface area contributed by atoms with E-state index in [9.17, 15) is 13.2 Å². The predicted octanol–water partition coefficient (Wildman–Crippen LogP) is 2.01. The van der Waals surface area contributed by atoms with Gasteiger partial charge in [-0.05, 0) is 37.3 Å². The number of sulfone groups is 1. The Kier molecular flexibility index (Phi) is 4.48. The first-order valence-electron chi connectivity index (χ1n) is 9.38. The van der Waals surface area contributed by atoms with Crippen LogP contribution in [0.4, 0.5) is 5.69 Å². The molecule has 1 aliphatic carbocycles. The number of hydrogen-bond acceptors (Lipinski definition) is 4.